The summed E-state index contributed by atoms with van der Waals surface area (Å²) in [4.78, 5) is 30.5. The lowest BCUT2D eigenvalue weighted by Gasteiger charge is -2.35. The first-order valence-corrected chi connectivity index (χ1v) is 17.6. The third-order valence-corrected chi connectivity index (χ3v) is 10.4. The van der Waals surface area contributed by atoms with Gasteiger partial charge in [0.15, 0.2) is 0 Å². The molecule has 9 heteroatoms. The second-order valence-corrected chi connectivity index (χ2v) is 13.9. The lowest BCUT2D eigenvalue weighted by Crippen LogP contribution is -2.55. The number of ether oxygens (including phenoxy) is 1. The predicted molar refractivity (Wildman–Crippen MR) is 185 cm³/mol. The fourth-order valence-electron chi connectivity index (χ4n) is 6.03. The molecule has 246 valence electrons. The van der Waals surface area contributed by atoms with E-state index in [1.54, 1.807) is 37.4 Å². The molecule has 1 N–H and O–H groups in total. The lowest BCUT2D eigenvalue weighted by atomic mass is 9.94. The average Bonchev–Trinajstić information content (AvgIpc) is 3.10. The molecule has 0 bridgehead atoms. The van der Waals surface area contributed by atoms with Crippen molar-refractivity contribution in [3.63, 3.8) is 0 Å². The number of carbonyl (C=O) groups excluding carboxylic acids is 2. The molecule has 47 heavy (non-hydrogen) atoms. The Balaban J connectivity index is 1.56. The van der Waals surface area contributed by atoms with Crippen LogP contribution in [0.3, 0.4) is 0 Å². The molecule has 0 spiro atoms. The molecule has 8 nitrogen and oxygen atoms in total. The molecule has 1 fully saturated rings. The Kier molecular flexibility index (Phi) is 11.3. The summed E-state index contributed by atoms with van der Waals surface area (Å²) in [7, 11) is -2.57. The van der Waals surface area contributed by atoms with E-state index in [1.165, 1.54) is 17.0 Å². The van der Waals surface area contributed by atoms with E-state index in [2.05, 4.69) is 5.32 Å². The molecule has 4 aromatic rings. The van der Waals surface area contributed by atoms with Crippen molar-refractivity contribution in [3.8, 4) is 5.75 Å². The topological polar surface area (TPSA) is 96.0 Å². The maximum atomic E-state index is 14.7. The van der Waals surface area contributed by atoms with Gasteiger partial charge >= 0.3 is 0 Å². The number of amides is 2. The van der Waals surface area contributed by atoms with E-state index in [-0.39, 0.29) is 29.8 Å². The van der Waals surface area contributed by atoms with E-state index >= 15 is 0 Å². The summed E-state index contributed by atoms with van der Waals surface area (Å²) >= 11 is 0. The molecule has 0 saturated heterocycles. The van der Waals surface area contributed by atoms with Crippen LogP contribution in [0.1, 0.15) is 48.8 Å². The summed E-state index contributed by atoms with van der Waals surface area (Å²) in [6, 6.07) is 31.2. The maximum absolute atomic E-state index is 14.7. The lowest BCUT2D eigenvalue weighted by molar-refractivity contribution is -0.140. The van der Waals surface area contributed by atoms with E-state index in [1.807, 2.05) is 73.7 Å². The highest BCUT2D eigenvalue weighted by atomic mass is 32.2. The van der Waals surface area contributed by atoms with Gasteiger partial charge in [0.25, 0.3) is 10.0 Å². The number of sulfonamides is 1. The number of hydrogen-bond acceptors (Lipinski definition) is 5. The number of aryl methyl sites for hydroxylation is 1. The molecule has 0 aliphatic heterocycles. The molecule has 5 rings (SSSR count). The highest BCUT2D eigenvalue weighted by Gasteiger charge is 2.35. The van der Waals surface area contributed by atoms with Crippen LogP contribution in [-0.2, 0) is 32.6 Å². The van der Waals surface area contributed by atoms with Gasteiger partial charge in [-0.15, -0.1) is 0 Å². The summed E-state index contributed by atoms with van der Waals surface area (Å²) in [5.74, 6) is -0.119. The van der Waals surface area contributed by atoms with Crippen LogP contribution in [0, 0.1) is 6.92 Å². The van der Waals surface area contributed by atoms with Crippen LogP contribution in [-0.4, -0.2) is 50.9 Å². The number of nitrogens with one attached hydrogen (secondary N) is 1. The zero-order valence-corrected chi connectivity index (χ0v) is 27.9. The summed E-state index contributed by atoms with van der Waals surface area (Å²) < 4.78 is 34.9. The van der Waals surface area contributed by atoms with Crippen molar-refractivity contribution in [2.45, 2.75) is 69.0 Å². The first kappa shape index (κ1) is 33.7. The molecular weight excluding hydrogens is 611 g/mol. The van der Waals surface area contributed by atoms with E-state index in [0.29, 0.717) is 11.4 Å². The van der Waals surface area contributed by atoms with Gasteiger partial charge in [0, 0.05) is 19.0 Å². The molecule has 1 saturated carbocycles. The number of methoxy groups -OCH3 is 1. The quantitative estimate of drug-likeness (QED) is 0.183. The molecule has 1 aliphatic rings. The fraction of sp³-hybridized carbons (Fsp3) is 0.316. The van der Waals surface area contributed by atoms with Gasteiger partial charge in [-0.25, -0.2) is 8.42 Å². The van der Waals surface area contributed by atoms with E-state index in [0.717, 1.165) is 53.1 Å². The van der Waals surface area contributed by atoms with Gasteiger partial charge in [-0.05, 0) is 67.3 Å². The van der Waals surface area contributed by atoms with Crippen molar-refractivity contribution in [2.75, 3.05) is 18.0 Å². The number of benzene rings is 4. The Morgan fingerprint density at radius 3 is 2.13 bits per heavy atom. The third kappa shape index (κ3) is 8.80. The highest BCUT2D eigenvalue weighted by molar-refractivity contribution is 7.92. The second-order valence-electron chi connectivity index (χ2n) is 12.1. The normalized spacial score (nSPS) is 14.2. The van der Waals surface area contributed by atoms with Crippen LogP contribution in [0.25, 0.3) is 0 Å². The number of nitrogens with zero attached hydrogens (tertiary/aromatic N) is 2. The SMILES string of the molecule is COc1cccc(CN(C(=O)CN(c2ccc(C)cc2)S(=O)(=O)c2ccccc2)C(Cc2ccccc2)C(=O)NC2CCCCC2)c1. The summed E-state index contributed by atoms with van der Waals surface area (Å²) in [5, 5.41) is 3.24. The first-order valence-electron chi connectivity index (χ1n) is 16.2. The minimum Gasteiger partial charge on any atom is -0.497 e. The Hall–Kier alpha value is -4.63. The largest absolute Gasteiger partial charge is 0.497 e. The standard InChI is InChI=1S/C38H43N3O5S/c1-29-21-23-33(24-22-29)41(47(44,45)35-19-10-5-11-20-35)28-37(42)40(27-31-15-12-18-34(25-31)46-2)36(26-30-13-6-3-7-14-30)38(43)39-32-16-8-4-9-17-32/h3,5-7,10-15,18-25,32,36H,4,8-9,16-17,26-28H2,1-2H3,(H,39,43). The number of rotatable bonds is 13. The molecule has 4 aromatic carbocycles. The third-order valence-electron chi connectivity index (χ3n) is 8.64. The van der Waals surface area contributed by atoms with Crippen LogP contribution in [0.4, 0.5) is 5.69 Å². The van der Waals surface area contributed by atoms with Gasteiger partial charge in [-0.1, -0.05) is 97.6 Å². The summed E-state index contributed by atoms with van der Waals surface area (Å²) in [6.07, 6.45) is 5.29. The first-order chi connectivity index (χ1) is 22.7. The van der Waals surface area contributed by atoms with Crippen LogP contribution in [0.5, 0.6) is 5.75 Å². The number of carbonyl (C=O) groups is 2. The highest BCUT2D eigenvalue weighted by Crippen LogP contribution is 2.26. The number of anilines is 1. The van der Waals surface area contributed by atoms with Crippen molar-refractivity contribution in [1.29, 1.82) is 0 Å². The minimum absolute atomic E-state index is 0.0332. The number of hydrogen-bond donors (Lipinski definition) is 1. The van der Waals surface area contributed by atoms with E-state index in [4.69, 9.17) is 4.74 Å². The zero-order chi connectivity index (χ0) is 33.2. The van der Waals surface area contributed by atoms with E-state index < -0.39 is 28.5 Å². The smallest absolute Gasteiger partial charge is 0.264 e. The van der Waals surface area contributed by atoms with Crippen LogP contribution in [0.15, 0.2) is 114 Å². The van der Waals surface area contributed by atoms with Crippen LogP contribution < -0.4 is 14.4 Å². The summed E-state index contributed by atoms with van der Waals surface area (Å²) in [5.41, 5.74) is 2.97. The van der Waals surface area contributed by atoms with E-state index in [9.17, 15) is 18.0 Å². The van der Waals surface area contributed by atoms with Crippen molar-refractivity contribution in [3.05, 3.63) is 126 Å². The van der Waals surface area contributed by atoms with Crippen molar-refractivity contribution < 1.29 is 22.7 Å². The van der Waals surface area contributed by atoms with Gasteiger partial charge < -0.3 is 15.0 Å². The van der Waals surface area contributed by atoms with Gasteiger partial charge in [0.1, 0.15) is 18.3 Å². The Bertz CT molecular complexity index is 1720. The molecule has 1 unspecified atom stereocenters. The molecule has 1 aliphatic carbocycles. The summed E-state index contributed by atoms with van der Waals surface area (Å²) in [6.45, 7) is 1.50. The molecule has 0 heterocycles. The molecule has 0 aromatic heterocycles. The zero-order valence-electron chi connectivity index (χ0n) is 27.0. The maximum Gasteiger partial charge on any atom is 0.264 e. The minimum atomic E-state index is -4.14. The van der Waals surface area contributed by atoms with Crippen molar-refractivity contribution >= 4 is 27.5 Å². The second kappa shape index (κ2) is 15.8. The molecule has 2 amide bonds. The predicted octanol–water partition coefficient (Wildman–Crippen LogP) is 6.29. The van der Waals surface area contributed by atoms with Crippen molar-refractivity contribution in [1.82, 2.24) is 10.2 Å². The van der Waals surface area contributed by atoms with Gasteiger partial charge in [-0.2, -0.15) is 0 Å². The Morgan fingerprint density at radius 1 is 0.830 bits per heavy atom. The van der Waals surface area contributed by atoms with Crippen LogP contribution in [0.2, 0.25) is 0 Å². The van der Waals surface area contributed by atoms with Gasteiger partial charge in [0.05, 0.1) is 17.7 Å². The molecule has 0 radical (unpaired) electrons. The monoisotopic (exact) mass is 653 g/mol. The van der Waals surface area contributed by atoms with Crippen LogP contribution >= 0.6 is 0 Å². The van der Waals surface area contributed by atoms with Gasteiger partial charge in [-0.3, -0.25) is 13.9 Å². The van der Waals surface area contributed by atoms with Gasteiger partial charge in [0.2, 0.25) is 11.8 Å². The van der Waals surface area contributed by atoms with Crippen molar-refractivity contribution in [2.24, 2.45) is 0 Å². The average molecular weight is 654 g/mol. The Morgan fingerprint density at radius 2 is 1.47 bits per heavy atom. The molecule has 1 atom stereocenters. The molecular formula is C38H43N3O5S. The fourth-order valence-corrected chi connectivity index (χ4v) is 7.46. The Labute approximate surface area is 278 Å².